The van der Waals surface area contributed by atoms with E-state index < -0.39 is 29.9 Å². The lowest BCUT2D eigenvalue weighted by atomic mass is 9.97. The van der Waals surface area contributed by atoms with Crippen molar-refractivity contribution in [3.8, 4) is 0 Å². The Balaban J connectivity index is 1.78. The lowest BCUT2D eigenvalue weighted by Crippen LogP contribution is -2.46. The number of carbonyl (C=O) groups excluding carboxylic acids is 1. The summed E-state index contributed by atoms with van der Waals surface area (Å²) in [5, 5.41) is 13.6. The second kappa shape index (κ2) is 8.72. The van der Waals surface area contributed by atoms with Gasteiger partial charge in [0.15, 0.2) is 0 Å². The first-order valence-electron chi connectivity index (χ1n) is 9.82. The number of halogens is 3. The van der Waals surface area contributed by atoms with E-state index in [-0.39, 0.29) is 6.54 Å². The molecule has 0 saturated heterocycles. The van der Waals surface area contributed by atoms with Gasteiger partial charge in [-0.25, -0.2) is 4.98 Å². The molecule has 0 aliphatic heterocycles. The lowest BCUT2D eigenvalue weighted by molar-refractivity contribution is -0.272. The van der Waals surface area contributed by atoms with Gasteiger partial charge >= 0.3 is 6.18 Å². The third-order valence-corrected chi connectivity index (χ3v) is 5.25. The number of nitrogens with one attached hydrogen (secondary N) is 1. The van der Waals surface area contributed by atoms with Crippen LogP contribution in [0.4, 0.5) is 13.2 Å². The molecule has 0 saturated carbocycles. The van der Waals surface area contributed by atoms with Gasteiger partial charge in [0, 0.05) is 62.6 Å². The molecule has 0 bridgehead atoms. The summed E-state index contributed by atoms with van der Waals surface area (Å²) in [6.07, 6.45) is -1.48. The monoisotopic (exact) mass is 437 g/mol. The molecule has 0 aliphatic carbocycles. The minimum atomic E-state index is -4.95. The van der Waals surface area contributed by atoms with Gasteiger partial charge in [-0.1, -0.05) is 18.2 Å². The fourth-order valence-electron chi connectivity index (χ4n) is 3.52. The maximum atomic E-state index is 13.6. The quantitative estimate of drug-likeness (QED) is 0.568. The second-order valence-electron chi connectivity index (χ2n) is 7.78. The number of aliphatic hydroxyl groups is 1. The van der Waals surface area contributed by atoms with E-state index in [1.165, 1.54) is 19.4 Å². The van der Waals surface area contributed by atoms with E-state index in [9.17, 15) is 23.1 Å². The molecule has 0 aliphatic rings. The predicted octanol–water partition coefficient (Wildman–Crippen LogP) is 2.51. The average Bonchev–Trinajstić information content (AvgIpc) is 3.29. The van der Waals surface area contributed by atoms with Gasteiger partial charge in [-0.2, -0.15) is 13.2 Å². The number of imidazole rings is 1. The van der Waals surface area contributed by atoms with Gasteiger partial charge in [0.05, 0.1) is 5.56 Å². The van der Waals surface area contributed by atoms with Crippen LogP contribution in [0.3, 0.4) is 0 Å². The van der Waals surface area contributed by atoms with Crippen LogP contribution in [-0.4, -0.2) is 63.4 Å². The third kappa shape index (κ3) is 4.59. The SMILES string of the molecule is CN(C)CCn1cc(C(=O)NCC[C@](O)(c2nccn2C)C(F)(F)F)c2ccccc21. The molecule has 2 heterocycles. The van der Waals surface area contributed by atoms with Crippen molar-refractivity contribution in [2.45, 2.75) is 24.7 Å². The fourth-order valence-corrected chi connectivity index (χ4v) is 3.52. The number of aryl methyl sites for hydroxylation is 1. The average molecular weight is 437 g/mol. The summed E-state index contributed by atoms with van der Waals surface area (Å²) in [5.74, 6) is -1.02. The number of nitrogens with zero attached hydrogens (tertiary/aromatic N) is 4. The Labute approximate surface area is 178 Å². The molecule has 2 N–H and O–H groups in total. The normalized spacial score (nSPS) is 14.2. The molecule has 7 nitrogen and oxygen atoms in total. The Bertz CT molecular complexity index is 1060. The molecule has 31 heavy (non-hydrogen) atoms. The maximum Gasteiger partial charge on any atom is 0.424 e. The zero-order valence-corrected chi connectivity index (χ0v) is 17.6. The standard InChI is InChI=1S/C21H26F3N5O2/c1-27(2)12-13-29-14-16(15-6-4-5-7-17(15)29)18(30)25-9-8-20(31,21(22,23)24)19-26-10-11-28(19)3/h4-7,10-11,14,31H,8-9,12-13H2,1-3H3,(H,25,30)/t20-/m0/s1. The first-order chi connectivity index (χ1) is 14.5. The van der Waals surface area contributed by atoms with Crippen LogP contribution in [0.1, 0.15) is 22.6 Å². The number of fused-ring (bicyclic) bond motifs is 1. The lowest BCUT2D eigenvalue weighted by Gasteiger charge is -2.29. The number of likely N-dealkylation sites (N-methyl/N-ethyl adjacent to an activating group) is 1. The van der Waals surface area contributed by atoms with Gasteiger partial charge in [-0.05, 0) is 20.2 Å². The molecule has 0 radical (unpaired) electrons. The first-order valence-corrected chi connectivity index (χ1v) is 9.82. The van der Waals surface area contributed by atoms with Crippen molar-refractivity contribution in [2.75, 3.05) is 27.2 Å². The number of alkyl halides is 3. The molecule has 1 atom stereocenters. The highest BCUT2D eigenvalue weighted by molar-refractivity contribution is 6.07. The molecular formula is C21H26F3N5O2. The van der Waals surface area contributed by atoms with Gasteiger partial charge in [-0.15, -0.1) is 0 Å². The summed E-state index contributed by atoms with van der Waals surface area (Å²) in [7, 11) is 5.27. The van der Waals surface area contributed by atoms with E-state index in [2.05, 4.69) is 10.3 Å². The molecule has 0 spiro atoms. The zero-order valence-electron chi connectivity index (χ0n) is 17.6. The van der Waals surface area contributed by atoms with Gasteiger partial charge in [0.25, 0.3) is 5.91 Å². The van der Waals surface area contributed by atoms with E-state index in [0.717, 1.165) is 16.6 Å². The van der Waals surface area contributed by atoms with Crippen LogP contribution >= 0.6 is 0 Å². The number of para-hydroxylation sites is 1. The van der Waals surface area contributed by atoms with E-state index in [0.29, 0.717) is 17.5 Å². The van der Waals surface area contributed by atoms with Crippen molar-refractivity contribution in [3.63, 3.8) is 0 Å². The van der Waals surface area contributed by atoms with Crippen LogP contribution in [0, 0.1) is 0 Å². The number of benzene rings is 1. The summed E-state index contributed by atoms with van der Waals surface area (Å²) < 4.78 is 44.0. The Hall–Kier alpha value is -2.85. The van der Waals surface area contributed by atoms with Gasteiger partial charge in [-0.3, -0.25) is 4.79 Å². The van der Waals surface area contributed by atoms with Crippen molar-refractivity contribution >= 4 is 16.8 Å². The molecule has 3 aromatic rings. The molecule has 1 amide bonds. The number of hydrogen-bond acceptors (Lipinski definition) is 4. The smallest absolute Gasteiger partial charge is 0.374 e. The molecule has 3 rings (SSSR count). The van der Waals surface area contributed by atoms with Crippen molar-refractivity contribution in [3.05, 3.63) is 54.2 Å². The van der Waals surface area contributed by atoms with Crippen LogP contribution < -0.4 is 5.32 Å². The van der Waals surface area contributed by atoms with Crippen LogP contribution in [-0.2, 0) is 19.2 Å². The first kappa shape index (κ1) is 22.8. The molecule has 168 valence electrons. The van der Waals surface area contributed by atoms with Crippen LogP contribution in [0.15, 0.2) is 42.9 Å². The maximum absolute atomic E-state index is 13.6. The molecule has 0 fully saturated rings. The van der Waals surface area contributed by atoms with Crippen molar-refractivity contribution in [1.29, 1.82) is 0 Å². The summed E-state index contributed by atoms with van der Waals surface area (Å²) in [5.41, 5.74) is -1.92. The van der Waals surface area contributed by atoms with Gasteiger partial charge in [0.1, 0.15) is 5.82 Å². The summed E-state index contributed by atoms with van der Waals surface area (Å²) >= 11 is 0. The molecule has 1 aromatic carbocycles. The van der Waals surface area contributed by atoms with Crippen LogP contribution in [0.2, 0.25) is 0 Å². The second-order valence-corrected chi connectivity index (χ2v) is 7.78. The molecule has 10 heteroatoms. The highest BCUT2D eigenvalue weighted by Gasteiger charge is 2.57. The van der Waals surface area contributed by atoms with E-state index in [4.69, 9.17) is 0 Å². The fraction of sp³-hybridized carbons (Fsp3) is 0.429. The highest BCUT2D eigenvalue weighted by Crippen LogP contribution is 2.40. The van der Waals surface area contributed by atoms with E-state index >= 15 is 0 Å². The Kier molecular flexibility index (Phi) is 6.42. The van der Waals surface area contributed by atoms with Crippen molar-refractivity contribution in [2.24, 2.45) is 7.05 Å². The van der Waals surface area contributed by atoms with Crippen molar-refractivity contribution < 1.29 is 23.1 Å². The highest BCUT2D eigenvalue weighted by atomic mass is 19.4. The van der Waals surface area contributed by atoms with Crippen LogP contribution in [0.25, 0.3) is 10.9 Å². The number of carbonyl (C=O) groups is 1. The number of hydrogen-bond donors (Lipinski definition) is 2. The van der Waals surface area contributed by atoms with E-state index in [1.807, 2.05) is 35.7 Å². The Morgan fingerprint density at radius 3 is 2.58 bits per heavy atom. The number of amides is 1. The predicted molar refractivity (Wildman–Crippen MR) is 111 cm³/mol. The third-order valence-electron chi connectivity index (χ3n) is 5.25. The summed E-state index contributed by atoms with van der Waals surface area (Å²) in [4.78, 5) is 18.5. The Morgan fingerprint density at radius 2 is 1.97 bits per heavy atom. The number of aromatic nitrogens is 3. The largest absolute Gasteiger partial charge is 0.424 e. The minimum absolute atomic E-state index is 0.376. The van der Waals surface area contributed by atoms with E-state index in [1.54, 1.807) is 18.3 Å². The number of rotatable bonds is 8. The molecule has 0 unspecified atom stereocenters. The minimum Gasteiger partial charge on any atom is -0.374 e. The molecular weight excluding hydrogens is 411 g/mol. The summed E-state index contributed by atoms with van der Waals surface area (Å²) in [6, 6.07) is 7.37. The Morgan fingerprint density at radius 1 is 1.26 bits per heavy atom. The van der Waals surface area contributed by atoms with Crippen LogP contribution in [0.5, 0.6) is 0 Å². The summed E-state index contributed by atoms with van der Waals surface area (Å²) in [6.45, 7) is 1.05. The topological polar surface area (TPSA) is 75.3 Å². The van der Waals surface area contributed by atoms with Gasteiger partial charge < -0.3 is 24.5 Å². The van der Waals surface area contributed by atoms with Gasteiger partial charge in [0.2, 0.25) is 5.60 Å². The zero-order chi connectivity index (χ0) is 22.8. The van der Waals surface area contributed by atoms with Crippen molar-refractivity contribution in [1.82, 2.24) is 24.3 Å². The molecule has 2 aromatic heterocycles.